The van der Waals surface area contributed by atoms with Gasteiger partial charge in [0.2, 0.25) is 0 Å². The van der Waals surface area contributed by atoms with E-state index in [1.54, 1.807) is 0 Å². The number of nitrogens with one attached hydrogen (secondary N) is 1. The third kappa shape index (κ3) is 1.02. The molecule has 0 unspecified atom stereocenters. The molecular weight excluding hydrogens is 147 g/mol. The van der Waals surface area contributed by atoms with Crippen LogP contribution >= 0.6 is 0 Å². The van der Waals surface area contributed by atoms with Gasteiger partial charge in [-0.1, -0.05) is 24.5 Å². The average molecular weight is 156 g/mol. The van der Waals surface area contributed by atoms with Crippen LogP contribution in [0.5, 0.6) is 0 Å². The summed E-state index contributed by atoms with van der Waals surface area (Å²) < 4.78 is 0. The minimum atomic E-state index is 0.790. The van der Waals surface area contributed by atoms with Crippen molar-refractivity contribution in [3.05, 3.63) is 23.9 Å². The van der Waals surface area contributed by atoms with Crippen molar-refractivity contribution in [2.75, 3.05) is 0 Å². The van der Waals surface area contributed by atoms with Crippen molar-refractivity contribution in [1.29, 1.82) is 0 Å². The van der Waals surface area contributed by atoms with Crippen LogP contribution < -0.4 is 5.46 Å². The summed E-state index contributed by atoms with van der Waals surface area (Å²) in [4.78, 5) is 0. The first-order valence-electron chi connectivity index (χ1n) is 4.03. The van der Waals surface area contributed by atoms with E-state index in [4.69, 9.17) is 7.85 Å². The van der Waals surface area contributed by atoms with Gasteiger partial charge in [0.05, 0.1) is 5.52 Å². The Balaban J connectivity index is 2.75. The maximum absolute atomic E-state index is 5.66. The van der Waals surface area contributed by atoms with Gasteiger partial charge in [0.1, 0.15) is 7.85 Å². The quantitative estimate of drug-likeness (QED) is 0.611. The van der Waals surface area contributed by atoms with Crippen molar-refractivity contribution in [2.45, 2.75) is 13.3 Å². The van der Waals surface area contributed by atoms with Crippen LogP contribution in [0, 0.1) is 0 Å². The zero-order valence-corrected chi connectivity index (χ0v) is 6.96. The standard InChI is InChI=1S/C9H9BN2/c1-2-8-7-5-6(10)3-4-9(7)12-11-8/h3-5H,2H2,1H3,(H,11,12). The van der Waals surface area contributed by atoms with Gasteiger partial charge < -0.3 is 0 Å². The zero-order chi connectivity index (χ0) is 8.55. The number of hydrogen-bond acceptors (Lipinski definition) is 1. The fourth-order valence-electron chi connectivity index (χ4n) is 1.35. The van der Waals surface area contributed by atoms with Crippen molar-refractivity contribution >= 4 is 24.2 Å². The van der Waals surface area contributed by atoms with Crippen LogP contribution in [0.4, 0.5) is 0 Å². The van der Waals surface area contributed by atoms with Gasteiger partial charge in [-0.2, -0.15) is 5.10 Å². The van der Waals surface area contributed by atoms with Gasteiger partial charge in [-0.3, -0.25) is 5.10 Å². The van der Waals surface area contributed by atoms with E-state index in [1.807, 2.05) is 18.2 Å². The van der Waals surface area contributed by atoms with Gasteiger partial charge in [0, 0.05) is 11.1 Å². The molecule has 2 nitrogen and oxygen atoms in total. The topological polar surface area (TPSA) is 28.7 Å². The van der Waals surface area contributed by atoms with Gasteiger partial charge >= 0.3 is 0 Å². The second-order valence-electron chi connectivity index (χ2n) is 2.83. The maximum atomic E-state index is 5.66. The summed E-state index contributed by atoms with van der Waals surface area (Å²) >= 11 is 0. The smallest absolute Gasteiger partial charge is 0.113 e. The lowest BCUT2D eigenvalue weighted by Crippen LogP contribution is -1.99. The van der Waals surface area contributed by atoms with E-state index in [-0.39, 0.29) is 0 Å². The van der Waals surface area contributed by atoms with Crippen molar-refractivity contribution in [3.63, 3.8) is 0 Å². The predicted molar refractivity (Wildman–Crippen MR) is 50.9 cm³/mol. The van der Waals surface area contributed by atoms with Gasteiger partial charge in [0.15, 0.2) is 0 Å². The molecule has 0 aliphatic heterocycles. The minimum absolute atomic E-state index is 0.790. The normalized spacial score (nSPS) is 10.8. The Morgan fingerprint density at radius 2 is 2.33 bits per heavy atom. The largest absolute Gasteiger partial charge is 0.281 e. The first-order chi connectivity index (χ1) is 5.81. The fraction of sp³-hybridized carbons (Fsp3) is 0.222. The van der Waals surface area contributed by atoms with Crippen molar-refractivity contribution in [1.82, 2.24) is 10.2 Å². The molecule has 0 fully saturated rings. The molecule has 2 aromatic rings. The van der Waals surface area contributed by atoms with Gasteiger partial charge in [0.25, 0.3) is 0 Å². The molecule has 2 rings (SSSR count). The highest BCUT2D eigenvalue weighted by Crippen LogP contribution is 2.13. The summed E-state index contributed by atoms with van der Waals surface area (Å²) in [5.74, 6) is 0. The highest BCUT2D eigenvalue weighted by molar-refractivity contribution is 6.33. The van der Waals surface area contributed by atoms with Gasteiger partial charge in [-0.15, -0.1) is 0 Å². The molecule has 12 heavy (non-hydrogen) atoms. The number of nitrogens with zero attached hydrogens (tertiary/aromatic N) is 1. The van der Waals surface area contributed by atoms with Crippen LogP contribution in [0.1, 0.15) is 12.6 Å². The number of hydrogen-bond donors (Lipinski definition) is 1. The highest BCUT2D eigenvalue weighted by Gasteiger charge is 2.01. The number of benzene rings is 1. The molecular formula is C9H9BN2. The Morgan fingerprint density at radius 1 is 1.50 bits per heavy atom. The molecule has 0 atom stereocenters. The van der Waals surface area contributed by atoms with Crippen LogP contribution in [0.15, 0.2) is 18.2 Å². The summed E-state index contributed by atoms with van der Waals surface area (Å²) in [5, 5.41) is 8.27. The summed E-state index contributed by atoms with van der Waals surface area (Å²) in [7, 11) is 5.66. The molecule has 1 heterocycles. The summed E-state index contributed by atoms with van der Waals surface area (Å²) in [6.45, 7) is 2.09. The summed E-state index contributed by atoms with van der Waals surface area (Å²) in [5.41, 5.74) is 2.93. The highest BCUT2D eigenvalue weighted by atomic mass is 15.1. The third-order valence-electron chi connectivity index (χ3n) is 2.01. The molecule has 0 saturated heterocycles. The molecule has 0 aliphatic carbocycles. The lowest BCUT2D eigenvalue weighted by molar-refractivity contribution is 0.988. The van der Waals surface area contributed by atoms with Crippen LogP contribution in [0.25, 0.3) is 10.9 Å². The lowest BCUT2D eigenvalue weighted by atomic mass is 9.94. The van der Waals surface area contributed by atoms with E-state index in [0.717, 1.165) is 28.5 Å². The van der Waals surface area contributed by atoms with Crippen molar-refractivity contribution in [2.24, 2.45) is 0 Å². The van der Waals surface area contributed by atoms with Gasteiger partial charge in [-0.25, -0.2) is 0 Å². The molecule has 1 aromatic carbocycles. The number of aromatic amines is 1. The minimum Gasteiger partial charge on any atom is -0.281 e. The second kappa shape index (κ2) is 2.66. The number of aromatic nitrogens is 2. The molecule has 0 bridgehead atoms. The number of H-pyrrole nitrogens is 1. The maximum Gasteiger partial charge on any atom is 0.113 e. The van der Waals surface area contributed by atoms with E-state index in [9.17, 15) is 0 Å². The van der Waals surface area contributed by atoms with E-state index in [2.05, 4.69) is 17.1 Å². The third-order valence-corrected chi connectivity index (χ3v) is 2.01. The van der Waals surface area contributed by atoms with Crippen LogP contribution in [0.2, 0.25) is 0 Å². The van der Waals surface area contributed by atoms with Crippen LogP contribution in [-0.2, 0) is 6.42 Å². The molecule has 0 spiro atoms. The van der Waals surface area contributed by atoms with E-state index in [1.165, 1.54) is 0 Å². The molecule has 1 aromatic heterocycles. The molecule has 2 radical (unpaired) electrons. The Bertz CT molecular complexity index is 406. The Hall–Kier alpha value is -1.25. The summed E-state index contributed by atoms with van der Waals surface area (Å²) in [6.07, 6.45) is 0.958. The molecule has 0 saturated carbocycles. The van der Waals surface area contributed by atoms with Crippen LogP contribution in [0.3, 0.4) is 0 Å². The molecule has 0 amide bonds. The first-order valence-corrected chi connectivity index (χ1v) is 4.03. The Kier molecular flexibility index (Phi) is 1.64. The Morgan fingerprint density at radius 3 is 3.08 bits per heavy atom. The van der Waals surface area contributed by atoms with Gasteiger partial charge in [-0.05, 0) is 12.5 Å². The Labute approximate surface area is 72.4 Å². The monoisotopic (exact) mass is 156 g/mol. The van der Waals surface area contributed by atoms with E-state index in [0.29, 0.717) is 0 Å². The van der Waals surface area contributed by atoms with E-state index < -0.39 is 0 Å². The van der Waals surface area contributed by atoms with Crippen molar-refractivity contribution < 1.29 is 0 Å². The predicted octanol–water partition coefficient (Wildman–Crippen LogP) is 0.919. The molecule has 3 heteroatoms. The average Bonchev–Trinajstić information content (AvgIpc) is 2.46. The SMILES string of the molecule is [B]c1ccc2n[nH]c(CC)c2c1. The fourth-order valence-corrected chi connectivity index (χ4v) is 1.35. The number of aryl methyl sites for hydroxylation is 1. The molecule has 0 aliphatic rings. The van der Waals surface area contributed by atoms with Crippen LogP contribution in [-0.4, -0.2) is 18.0 Å². The van der Waals surface area contributed by atoms with Crippen molar-refractivity contribution in [3.8, 4) is 0 Å². The zero-order valence-electron chi connectivity index (χ0n) is 6.96. The second-order valence-corrected chi connectivity index (χ2v) is 2.83. The first kappa shape index (κ1) is 7.41. The number of rotatable bonds is 1. The molecule has 1 N–H and O–H groups in total. The lowest BCUT2D eigenvalue weighted by Gasteiger charge is -1.93. The summed E-state index contributed by atoms with van der Waals surface area (Å²) in [6, 6.07) is 5.75. The molecule has 58 valence electrons. The number of fused-ring (bicyclic) bond motifs is 1. The van der Waals surface area contributed by atoms with E-state index >= 15 is 0 Å².